The number of halogens is 4. The number of alkyl halides is 3. The summed E-state index contributed by atoms with van der Waals surface area (Å²) in [5.41, 5.74) is 6.42. The van der Waals surface area contributed by atoms with Gasteiger partial charge in [-0.05, 0) is 11.8 Å². The van der Waals surface area contributed by atoms with Crippen LogP contribution >= 0.6 is 47.1 Å². The molecule has 0 saturated carbocycles. The SMILES string of the molecule is CSC(N)=Nc1csc(C(F)(F)F)c1-c1ccccc1.I. The summed E-state index contributed by atoms with van der Waals surface area (Å²) < 4.78 is 39.3. The molecule has 1 aromatic heterocycles. The number of aliphatic imine (C=N–C) groups is 1. The number of rotatable bonds is 2. The number of nitrogens with zero attached hydrogens (tertiary/aromatic N) is 1. The normalized spacial score (nSPS) is 12.1. The van der Waals surface area contributed by atoms with E-state index >= 15 is 0 Å². The molecule has 2 aromatic rings. The van der Waals surface area contributed by atoms with Crippen molar-refractivity contribution in [2.75, 3.05) is 6.26 Å². The summed E-state index contributed by atoms with van der Waals surface area (Å²) in [6.07, 6.45) is -2.68. The maximum absolute atomic E-state index is 13.1. The van der Waals surface area contributed by atoms with Gasteiger partial charge in [0, 0.05) is 10.9 Å². The van der Waals surface area contributed by atoms with Crippen LogP contribution in [-0.2, 0) is 6.18 Å². The van der Waals surface area contributed by atoms with E-state index in [1.165, 1.54) is 17.1 Å². The van der Waals surface area contributed by atoms with Gasteiger partial charge in [0.15, 0.2) is 5.17 Å². The number of thiophene rings is 1. The first-order chi connectivity index (χ1) is 9.43. The molecule has 2 N–H and O–H groups in total. The van der Waals surface area contributed by atoms with Crippen LogP contribution in [0.25, 0.3) is 11.1 Å². The highest BCUT2D eigenvalue weighted by Crippen LogP contribution is 2.46. The van der Waals surface area contributed by atoms with E-state index in [4.69, 9.17) is 5.73 Å². The minimum absolute atomic E-state index is 0. The standard InChI is InChI=1S/C13H11F3N2S2.HI/c1-19-12(17)18-9-7-20-11(13(14,15)16)10(9)8-5-3-2-4-6-8;/h2-7H,1H3,(H2,17,18);1H. The van der Waals surface area contributed by atoms with E-state index in [1.807, 2.05) is 0 Å². The molecule has 21 heavy (non-hydrogen) atoms. The van der Waals surface area contributed by atoms with Crippen molar-refractivity contribution in [1.82, 2.24) is 0 Å². The highest BCUT2D eigenvalue weighted by Gasteiger charge is 2.37. The van der Waals surface area contributed by atoms with Gasteiger partial charge in [0.2, 0.25) is 0 Å². The van der Waals surface area contributed by atoms with Gasteiger partial charge in [-0.15, -0.1) is 35.3 Å². The van der Waals surface area contributed by atoms with E-state index in [2.05, 4.69) is 4.99 Å². The highest BCUT2D eigenvalue weighted by atomic mass is 127. The van der Waals surface area contributed by atoms with E-state index in [-0.39, 0.29) is 40.4 Å². The van der Waals surface area contributed by atoms with Gasteiger partial charge in [-0.1, -0.05) is 42.1 Å². The van der Waals surface area contributed by atoms with Crippen LogP contribution in [0.2, 0.25) is 0 Å². The lowest BCUT2D eigenvalue weighted by atomic mass is 10.1. The second-order valence-corrected chi connectivity index (χ2v) is 5.55. The lowest BCUT2D eigenvalue weighted by Gasteiger charge is -2.09. The lowest BCUT2D eigenvalue weighted by molar-refractivity contribution is -0.133. The Balaban J connectivity index is 0.00000220. The fourth-order valence-corrected chi connectivity index (χ4v) is 2.75. The molecule has 1 aromatic carbocycles. The summed E-state index contributed by atoms with van der Waals surface area (Å²) in [5.74, 6) is 0. The summed E-state index contributed by atoms with van der Waals surface area (Å²) in [7, 11) is 0. The topological polar surface area (TPSA) is 38.4 Å². The highest BCUT2D eigenvalue weighted by molar-refractivity contribution is 14.0. The van der Waals surface area contributed by atoms with Gasteiger partial charge in [0.05, 0.1) is 5.69 Å². The van der Waals surface area contributed by atoms with Crippen molar-refractivity contribution < 1.29 is 13.2 Å². The summed E-state index contributed by atoms with van der Waals surface area (Å²) in [5, 5.41) is 1.61. The van der Waals surface area contributed by atoms with Crippen molar-refractivity contribution in [3.8, 4) is 11.1 Å². The van der Waals surface area contributed by atoms with Crippen molar-refractivity contribution in [3.05, 3.63) is 40.6 Å². The van der Waals surface area contributed by atoms with E-state index in [0.717, 1.165) is 0 Å². The van der Waals surface area contributed by atoms with Crippen molar-refractivity contribution in [2.45, 2.75) is 6.18 Å². The Bertz CT molecular complexity index is 624. The minimum atomic E-state index is -4.41. The first-order valence-corrected chi connectivity index (χ1v) is 7.66. The number of amidine groups is 1. The molecule has 1 heterocycles. The molecule has 8 heteroatoms. The summed E-state index contributed by atoms with van der Waals surface area (Å²) in [6, 6.07) is 8.40. The molecule has 0 radical (unpaired) electrons. The van der Waals surface area contributed by atoms with Crippen LogP contribution < -0.4 is 5.73 Å². The number of hydrogen-bond donors (Lipinski definition) is 1. The Morgan fingerprint density at radius 2 is 1.86 bits per heavy atom. The van der Waals surface area contributed by atoms with E-state index in [9.17, 15) is 13.2 Å². The predicted molar refractivity (Wildman–Crippen MR) is 95.0 cm³/mol. The molecule has 0 aliphatic carbocycles. The Hall–Kier alpha value is -0.740. The maximum Gasteiger partial charge on any atom is 0.426 e. The second-order valence-electron chi connectivity index (χ2n) is 3.84. The summed E-state index contributed by atoms with van der Waals surface area (Å²) in [4.78, 5) is 3.40. The van der Waals surface area contributed by atoms with Gasteiger partial charge >= 0.3 is 6.18 Å². The van der Waals surface area contributed by atoms with Gasteiger partial charge < -0.3 is 5.73 Å². The van der Waals surface area contributed by atoms with E-state index in [0.29, 0.717) is 16.9 Å². The van der Waals surface area contributed by atoms with Gasteiger partial charge in [-0.3, -0.25) is 0 Å². The largest absolute Gasteiger partial charge is 0.426 e. The van der Waals surface area contributed by atoms with Crippen LogP contribution in [0.1, 0.15) is 4.88 Å². The van der Waals surface area contributed by atoms with Crippen LogP contribution in [0.5, 0.6) is 0 Å². The Morgan fingerprint density at radius 3 is 2.38 bits per heavy atom. The van der Waals surface area contributed by atoms with Gasteiger partial charge in [-0.2, -0.15) is 13.2 Å². The molecule has 0 unspecified atom stereocenters. The number of nitrogens with two attached hydrogens (primary N) is 1. The molecule has 114 valence electrons. The smallest absolute Gasteiger partial charge is 0.378 e. The van der Waals surface area contributed by atoms with Gasteiger partial charge in [0.1, 0.15) is 4.88 Å². The van der Waals surface area contributed by atoms with Crippen LogP contribution in [0, 0.1) is 0 Å². The molecule has 2 nitrogen and oxygen atoms in total. The first-order valence-electron chi connectivity index (χ1n) is 5.55. The third kappa shape index (κ3) is 4.36. The second kappa shape index (κ2) is 7.50. The molecular weight excluding hydrogens is 432 g/mol. The van der Waals surface area contributed by atoms with Crippen LogP contribution in [0.15, 0.2) is 40.7 Å². The number of benzene rings is 1. The van der Waals surface area contributed by atoms with Gasteiger partial charge in [0.25, 0.3) is 0 Å². The average Bonchev–Trinajstić information content (AvgIpc) is 2.83. The number of thioether (sulfide) groups is 1. The zero-order valence-electron chi connectivity index (χ0n) is 10.8. The van der Waals surface area contributed by atoms with Crippen molar-refractivity contribution in [3.63, 3.8) is 0 Å². The number of hydrogen-bond acceptors (Lipinski definition) is 3. The molecule has 0 atom stereocenters. The van der Waals surface area contributed by atoms with Gasteiger partial charge in [-0.25, -0.2) is 4.99 Å². The molecule has 0 aliphatic rings. The summed E-state index contributed by atoms with van der Waals surface area (Å²) >= 11 is 1.82. The third-order valence-electron chi connectivity index (χ3n) is 2.53. The molecule has 0 bridgehead atoms. The quantitative estimate of drug-likeness (QED) is 0.385. The van der Waals surface area contributed by atoms with E-state index < -0.39 is 11.1 Å². The lowest BCUT2D eigenvalue weighted by Crippen LogP contribution is -2.05. The Morgan fingerprint density at radius 1 is 1.24 bits per heavy atom. The average molecular weight is 444 g/mol. The first kappa shape index (κ1) is 18.3. The monoisotopic (exact) mass is 444 g/mol. The fraction of sp³-hybridized carbons (Fsp3) is 0.154. The zero-order valence-corrected chi connectivity index (χ0v) is 14.8. The zero-order chi connectivity index (χ0) is 14.8. The molecule has 2 rings (SSSR count). The molecule has 0 spiro atoms. The van der Waals surface area contributed by atoms with Crippen LogP contribution in [0.3, 0.4) is 0 Å². The molecule has 0 fully saturated rings. The van der Waals surface area contributed by atoms with Crippen molar-refractivity contribution in [1.29, 1.82) is 0 Å². The predicted octanol–water partition coefficient (Wildman–Crippen LogP) is 5.36. The third-order valence-corrected chi connectivity index (χ3v) is 4.05. The summed E-state index contributed by atoms with van der Waals surface area (Å²) in [6.45, 7) is 0. The Kier molecular flexibility index (Phi) is 6.54. The molecular formula is C13H12F3IN2S2. The van der Waals surface area contributed by atoms with Crippen molar-refractivity contribution in [2.24, 2.45) is 10.7 Å². The van der Waals surface area contributed by atoms with Crippen LogP contribution in [-0.4, -0.2) is 11.4 Å². The molecule has 0 aliphatic heterocycles. The maximum atomic E-state index is 13.1. The van der Waals surface area contributed by atoms with Crippen LogP contribution in [0.4, 0.5) is 18.9 Å². The van der Waals surface area contributed by atoms with Crippen molar-refractivity contribution >= 4 is 57.9 Å². The molecule has 0 amide bonds. The van der Waals surface area contributed by atoms with E-state index in [1.54, 1.807) is 36.6 Å². The Labute approximate surface area is 145 Å². The fourth-order valence-electron chi connectivity index (χ4n) is 1.69. The molecule has 0 saturated heterocycles. The minimum Gasteiger partial charge on any atom is -0.378 e.